The molecule has 1 aliphatic rings. The van der Waals surface area contributed by atoms with Gasteiger partial charge in [-0.3, -0.25) is 0 Å². The third kappa shape index (κ3) is 2.00. The SMILES string of the molecule is CCOC1c2c(cc(C)c(Br)c2C)OC1(C)C. The standard InChI is InChI=1S/C14H19BrO2/c1-6-16-13-11-9(3)12(15)8(2)7-10(11)17-14(13,4)5/h7,13H,6H2,1-5H3. The molecule has 1 aromatic rings. The number of halogens is 1. The molecule has 0 saturated heterocycles. The second-order valence-electron chi connectivity index (χ2n) is 5.09. The Morgan fingerprint density at radius 3 is 2.65 bits per heavy atom. The van der Waals surface area contributed by atoms with Crippen molar-refractivity contribution in [2.45, 2.75) is 46.3 Å². The first-order valence-corrected chi connectivity index (χ1v) is 6.78. The van der Waals surface area contributed by atoms with Gasteiger partial charge in [0.15, 0.2) is 0 Å². The Labute approximate surface area is 111 Å². The number of rotatable bonds is 2. The van der Waals surface area contributed by atoms with Crippen LogP contribution in [0.2, 0.25) is 0 Å². The average molecular weight is 299 g/mol. The Morgan fingerprint density at radius 2 is 2.06 bits per heavy atom. The largest absolute Gasteiger partial charge is 0.484 e. The van der Waals surface area contributed by atoms with Crippen LogP contribution in [0, 0.1) is 13.8 Å². The van der Waals surface area contributed by atoms with Gasteiger partial charge in [0.1, 0.15) is 17.5 Å². The Bertz CT molecular complexity index is 452. The van der Waals surface area contributed by atoms with Crippen LogP contribution < -0.4 is 4.74 Å². The lowest BCUT2D eigenvalue weighted by molar-refractivity contribution is -0.0473. The molecular formula is C14H19BrO2. The third-order valence-corrected chi connectivity index (χ3v) is 4.51. The number of benzene rings is 1. The minimum absolute atomic E-state index is 0.0133. The molecule has 0 spiro atoms. The zero-order valence-electron chi connectivity index (χ0n) is 11.1. The lowest BCUT2D eigenvalue weighted by Crippen LogP contribution is -2.32. The normalized spacial score (nSPS) is 21.2. The molecule has 1 unspecified atom stereocenters. The van der Waals surface area contributed by atoms with Gasteiger partial charge in [0.25, 0.3) is 0 Å². The summed E-state index contributed by atoms with van der Waals surface area (Å²) in [7, 11) is 0. The molecule has 0 saturated carbocycles. The van der Waals surface area contributed by atoms with E-state index in [1.54, 1.807) is 0 Å². The first-order chi connectivity index (χ1) is 7.88. The van der Waals surface area contributed by atoms with E-state index in [-0.39, 0.29) is 11.7 Å². The molecule has 1 heterocycles. The number of aryl methyl sites for hydroxylation is 1. The van der Waals surface area contributed by atoms with Gasteiger partial charge < -0.3 is 9.47 Å². The van der Waals surface area contributed by atoms with E-state index >= 15 is 0 Å². The zero-order valence-corrected chi connectivity index (χ0v) is 12.6. The molecule has 0 fully saturated rings. The molecule has 0 aromatic heterocycles. The van der Waals surface area contributed by atoms with Crippen molar-refractivity contribution in [1.29, 1.82) is 0 Å². The van der Waals surface area contributed by atoms with Gasteiger partial charge >= 0.3 is 0 Å². The fourth-order valence-electron chi connectivity index (χ4n) is 2.48. The van der Waals surface area contributed by atoms with Crippen molar-refractivity contribution < 1.29 is 9.47 Å². The minimum Gasteiger partial charge on any atom is -0.484 e. The van der Waals surface area contributed by atoms with Crippen LogP contribution in [-0.4, -0.2) is 12.2 Å². The Hall–Kier alpha value is -0.540. The molecule has 1 atom stereocenters. The van der Waals surface area contributed by atoms with E-state index in [1.807, 2.05) is 6.92 Å². The predicted octanol–water partition coefficient (Wildman–Crippen LogP) is 4.31. The molecule has 0 N–H and O–H groups in total. The molecule has 1 aromatic carbocycles. The fourth-order valence-corrected chi connectivity index (χ4v) is 2.81. The third-order valence-electron chi connectivity index (χ3n) is 3.29. The van der Waals surface area contributed by atoms with Crippen molar-refractivity contribution in [3.63, 3.8) is 0 Å². The molecule has 1 aliphatic heterocycles. The molecule has 17 heavy (non-hydrogen) atoms. The average Bonchev–Trinajstić information content (AvgIpc) is 2.48. The molecule has 0 aliphatic carbocycles. The van der Waals surface area contributed by atoms with Gasteiger partial charge in [0.2, 0.25) is 0 Å². The van der Waals surface area contributed by atoms with Crippen molar-refractivity contribution in [2.75, 3.05) is 6.61 Å². The van der Waals surface area contributed by atoms with Crippen molar-refractivity contribution in [3.05, 3.63) is 27.2 Å². The summed E-state index contributed by atoms with van der Waals surface area (Å²) in [6.07, 6.45) is 0.0133. The molecular weight excluding hydrogens is 280 g/mol. The highest BCUT2D eigenvalue weighted by Crippen LogP contribution is 2.49. The van der Waals surface area contributed by atoms with Gasteiger partial charge in [-0.15, -0.1) is 0 Å². The Morgan fingerprint density at radius 1 is 1.41 bits per heavy atom. The van der Waals surface area contributed by atoms with Crippen molar-refractivity contribution in [2.24, 2.45) is 0 Å². The van der Waals surface area contributed by atoms with E-state index < -0.39 is 0 Å². The lowest BCUT2D eigenvalue weighted by Gasteiger charge is -2.26. The smallest absolute Gasteiger partial charge is 0.134 e. The summed E-state index contributed by atoms with van der Waals surface area (Å²) in [5.74, 6) is 0.964. The number of hydrogen-bond acceptors (Lipinski definition) is 2. The number of ether oxygens (including phenoxy) is 2. The summed E-state index contributed by atoms with van der Waals surface area (Å²) >= 11 is 3.64. The second kappa shape index (κ2) is 4.29. The number of hydrogen-bond donors (Lipinski definition) is 0. The highest BCUT2D eigenvalue weighted by molar-refractivity contribution is 9.10. The van der Waals surface area contributed by atoms with Crippen molar-refractivity contribution in [1.82, 2.24) is 0 Å². The van der Waals surface area contributed by atoms with Gasteiger partial charge in [-0.25, -0.2) is 0 Å². The minimum atomic E-state index is -0.295. The lowest BCUT2D eigenvalue weighted by atomic mass is 9.93. The fraction of sp³-hybridized carbons (Fsp3) is 0.571. The molecule has 2 nitrogen and oxygen atoms in total. The van der Waals surface area contributed by atoms with Crippen LogP contribution >= 0.6 is 15.9 Å². The topological polar surface area (TPSA) is 18.5 Å². The van der Waals surface area contributed by atoms with Crippen LogP contribution in [0.15, 0.2) is 10.5 Å². The summed E-state index contributed by atoms with van der Waals surface area (Å²) in [5.41, 5.74) is 3.32. The molecule has 0 amide bonds. The maximum atomic E-state index is 6.03. The summed E-state index contributed by atoms with van der Waals surface area (Å²) < 4.78 is 13.1. The van der Waals surface area contributed by atoms with E-state index in [0.29, 0.717) is 6.61 Å². The van der Waals surface area contributed by atoms with Gasteiger partial charge in [0, 0.05) is 16.6 Å². The molecule has 2 rings (SSSR count). The number of fused-ring (bicyclic) bond motifs is 1. The van der Waals surface area contributed by atoms with Crippen molar-refractivity contribution >= 4 is 15.9 Å². The maximum absolute atomic E-state index is 6.03. The van der Waals surface area contributed by atoms with Crippen LogP contribution in [-0.2, 0) is 4.74 Å². The van der Waals surface area contributed by atoms with Gasteiger partial charge in [-0.2, -0.15) is 0 Å². The van der Waals surface area contributed by atoms with Gasteiger partial charge in [0.05, 0.1) is 0 Å². The van der Waals surface area contributed by atoms with Crippen molar-refractivity contribution in [3.8, 4) is 5.75 Å². The van der Waals surface area contributed by atoms with E-state index in [0.717, 1.165) is 10.2 Å². The molecule has 94 valence electrons. The molecule has 3 heteroatoms. The molecule has 0 radical (unpaired) electrons. The van der Waals surface area contributed by atoms with E-state index in [9.17, 15) is 0 Å². The van der Waals surface area contributed by atoms with Crippen LogP contribution in [0.25, 0.3) is 0 Å². The van der Waals surface area contributed by atoms with Crippen LogP contribution in [0.3, 0.4) is 0 Å². The van der Waals surface area contributed by atoms with E-state index in [4.69, 9.17) is 9.47 Å². The monoisotopic (exact) mass is 298 g/mol. The maximum Gasteiger partial charge on any atom is 0.134 e. The second-order valence-corrected chi connectivity index (χ2v) is 5.88. The molecule has 0 bridgehead atoms. The Kier molecular flexibility index (Phi) is 3.25. The van der Waals surface area contributed by atoms with Crippen LogP contribution in [0.1, 0.15) is 43.6 Å². The summed E-state index contributed by atoms with van der Waals surface area (Å²) in [6, 6.07) is 2.09. The first-order valence-electron chi connectivity index (χ1n) is 5.98. The van der Waals surface area contributed by atoms with Gasteiger partial charge in [-0.1, -0.05) is 15.9 Å². The quantitative estimate of drug-likeness (QED) is 0.810. The highest BCUT2D eigenvalue weighted by atomic mass is 79.9. The van der Waals surface area contributed by atoms with Gasteiger partial charge in [-0.05, 0) is 51.8 Å². The Balaban J connectivity index is 2.58. The van der Waals surface area contributed by atoms with E-state index in [1.165, 1.54) is 16.7 Å². The summed E-state index contributed by atoms with van der Waals surface area (Å²) in [6.45, 7) is 11.1. The van der Waals surface area contributed by atoms with E-state index in [2.05, 4.69) is 49.7 Å². The van der Waals surface area contributed by atoms with Crippen LogP contribution in [0.5, 0.6) is 5.75 Å². The zero-order chi connectivity index (χ0) is 12.8. The highest BCUT2D eigenvalue weighted by Gasteiger charge is 2.43. The van der Waals surface area contributed by atoms with Crippen LogP contribution in [0.4, 0.5) is 0 Å². The summed E-state index contributed by atoms with van der Waals surface area (Å²) in [5, 5.41) is 0. The summed E-state index contributed by atoms with van der Waals surface area (Å²) in [4.78, 5) is 0. The predicted molar refractivity (Wildman–Crippen MR) is 72.7 cm³/mol. The first kappa shape index (κ1) is 12.9.